The summed E-state index contributed by atoms with van der Waals surface area (Å²) in [5.41, 5.74) is 2.32. The van der Waals surface area contributed by atoms with Gasteiger partial charge in [0.2, 0.25) is 5.95 Å². The molecule has 3 N–H and O–H groups in total. The number of anilines is 4. The van der Waals surface area contributed by atoms with Crippen LogP contribution in [0.2, 0.25) is 0 Å². The van der Waals surface area contributed by atoms with Crippen LogP contribution in [-0.4, -0.2) is 63.4 Å². The predicted molar refractivity (Wildman–Crippen MR) is 136 cm³/mol. The number of hydrogen-bond acceptors (Lipinski definition) is 9. The van der Waals surface area contributed by atoms with Crippen molar-refractivity contribution in [1.29, 1.82) is 0 Å². The third kappa shape index (κ3) is 5.09. The molecular formula is C24H26F2N8O3S. The molecule has 3 aromatic heterocycles. The Balaban J connectivity index is 1.67. The first kappa shape index (κ1) is 25.7. The maximum absolute atomic E-state index is 15.1. The van der Waals surface area contributed by atoms with Crippen molar-refractivity contribution in [3.05, 3.63) is 53.5 Å². The molecule has 0 unspecified atom stereocenters. The molecular weight excluding hydrogens is 518 g/mol. The van der Waals surface area contributed by atoms with Crippen LogP contribution in [0.25, 0.3) is 11.3 Å². The molecule has 0 atom stereocenters. The summed E-state index contributed by atoms with van der Waals surface area (Å²) in [6, 6.07) is 3.34. The largest absolute Gasteiger partial charge is 0.394 e. The van der Waals surface area contributed by atoms with Gasteiger partial charge in [-0.25, -0.2) is 22.2 Å². The van der Waals surface area contributed by atoms with E-state index in [0.29, 0.717) is 22.9 Å². The van der Waals surface area contributed by atoms with Crippen LogP contribution in [0.5, 0.6) is 0 Å². The van der Waals surface area contributed by atoms with Crippen LogP contribution < -0.4 is 10.2 Å². The van der Waals surface area contributed by atoms with Crippen LogP contribution >= 0.6 is 0 Å². The van der Waals surface area contributed by atoms with E-state index in [1.165, 1.54) is 7.05 Å². The summed E-state index contributed by atoms with van der Waals surface area (Å²) in [7, 11) is -2.43. The van der Waals surface area contributed by atoms with Crippen LogP contribution in [0.15, 0.2) is 35.5 Å². The van der Waals surface area contributed by atoms with Crippen LogP contribution in [0.4, 0.5) is 32.1 Å². The number of halogens is 2. The van der Waals surface area contributed by atoms with Gasteiger partial charge >= 0.3 is 0 Å². The summed E-state index contributed by atoms with van der Waals surface area (Å²) in [5, 5.41) is 23.9. The third-order valence-electron chi connectivity index (χ3n) is 6.16. The maximum atomic E-state index is 15.1. The molecule has 0 amide bonds. The number of hydrogen-bond donors (Lipinski definition) is 3. The molecule has 3 heterocycles. The minimum Gasteiger partial charge on any atom is -0.394 e. The Bertz CT molecular complexity index is 1590. The molecule has 5 rings (SSSR count). The van der Waals surface area contributed by atoms with Crippen LogP contribution in [0, 0.1) is 18.6 Å². The molecule has 0 aliphatic heterocycles. The quantitative estimate of drug-likeness (QED) is 0.289. The fourth-order valence-electron chi connectivity index (χ4n) is 4.17. The Hall–Kier alpha value is -3.91. The van der Waals surface area contributed by atoms with Crippen molar-refractivity contribution >= 4 is 33.1 Å². The average Bonchev–Trinajstić information content (AvgIpc) is 3.44. The highest BCUT2D eigenvalue weighted by Crippen LogP contribution is 2.48. The number of sulfone groups is 1. The number of aromatic amines is 1. The van der Waals surface area contributed by atoms with Gasteiger partial charge in [-0.2, -0.15) is 15.2 Å². The number of aromatic nitrogens is 6. The Morgan fingerprint density at radius 2 is 1.92 bits per heavy atom. The van der Waals surface area contributed by atoms with Crippen molar-refractivity contribution in [3.8, 4) is 11.3 Å². The number of H-pyrrole nitrogens is 1. The molecule has 0 saturated heterocycles. The first-order chi connectivity index (χ1) is 18.0. The highest BCUT2D eigenvalue weighted by molar-refractivity contribution is 7.90. The van der Waals surface area contributed by atoms with E-state index in [4.69, 9.17) is 4.98 Å². The Kier molecular flexibility index (Phi) is 6.61. The van der Waals surface area contributed by atoms with E-state index in [2.05, 4.69) is 25.6 Å². The van der Waals surface area contributed by atoms with Gasteiger partial charge in [0.25, 0.3) is 0 Å². The van der Waals surface area contributed by atoms with Gasteiger partial charge in [-0.05, 0) is 37.8 Å². The molecule has 200 valence electrons. The van der Waals surface area contributed by atoms with Gasteiger partial charge in [0.05, 0.1) is 29.9 Å². The molecule has 38 heavy (non-hydrogen) atoms. The number of benzene rings is 1. The van der Waals surface area contributed by atoms with Crippen molar-refractivity contribution in [2.45, 2.75) is 37.1 Å². The van der Waals surface area contributed by atoms with Crippen molar-refractivity contribution in [2.75, 3.05) is 30.1 Å². The first-order valence-electron chi connectivity index (χ1n) is 11.8. The molecule has 1 fully saturated rings. The predicted octanol–water partition coefficient (Wildman–Crippen LogP) is 3.43. The Morgan fingerprint density at radius 3 is 2.50 bits per heavy atom. The molecule has 1 aliphatic rings. The second-order valence-corrected chi connectivity index (χ2v) is 11.3. The van der Waals surface area contributed by atoms with E-state index in [9.17, 15) is 13.5 Å². The van der Waals surface area contributed by atoms with E-state index in [1.54, 1.807) is 23.1 Å². The lowest BCUT2D eigenvalue weighted by Crippen LogP contribution is -2.19. The Labute approximate surface area is 217 Å². The van der Waals surface area contributed by atoms with Crippen LogP contribution in [0.3, 0.4) is 0 Å². The summed E-state index contributed by atoms with van der Waals surface area (Å²) in [4.78, 5) is 9.99. The molecule has 1 saturated carbocycles. The second-order valence-electron chi connectivity index (χ2n) is 9.25. The Morgan fingerprint density at radius 1 is 1.21 bits per heavy atom. The fraction of sp³-hybridized carbons (Fsp3) is 0.333. The van der Waals surface area contributed by atoms with Gasteiger partial charge in [0.1, 0.15) is 11.5 Å². The number of nitrogens with one attached hydrogen (secondary N) is 2. The minimum absolute atomic E-state index is 0.0287. The van der Waals surface area contributed by atoms with E-state index in [0.717, 1.165) is 47.4 Å². The molecule has 1 aromatic carbocycles. The van der Waals surface area contributed by atoms with Gasteiger partial charge in [-0.15, -0.1) is 0 Å². The molecule has 11 nitrogen and oxygen atoms in total. The monoisotopic (exact) mass is 544 g/mol. The van der Waals surface area contributed by atoms with E-state index in [1.807, 2.05) is 6.92 Å². The molecule has 0 bridgehead atoms. The number of nitrogens with zero attached hydrogens (tertiary/aromatic N) is 6. The third-order valence-corrected chi connectivity index (χ3v) is 7.25. The maximum Gasteiger partial charge on any atom is 0.232 e. The van der Waals surface area contributed by atoms with Gasteiger partial charge in [0, 0.05) is 42.4 Å². The smallest absolute Gasteiger partial charge is 0.232 e. The van der Waals surface area contributed by atoms with E-state index < -0.39 is 32.1 Å². The number of aliphatic hydroxyl groups is 1. The summed E-state index contributed by atoms with van der Waals surface area (Å²) in [5.74, 6) is -1.08. The molecule has 0 radical (unpaired) electrons. The number of aliphatic hydroxyl groups excluding tert-OH is 1. The minimum atomic E-state index is -3.82. The van der Waals surface area contributed by atoms with Gasteiger partial charge < -0.3 is 15.3 Å². The molecule has 4 aromatic rings. The lowest BCUT2D eigenvalue weighted by atomic mass is 10.1. The fourth-order valence-corrected chi connectivity index (χ4v) is 4.81. The van der Waals surface area contributed by atoms with Crippen LogP contribution in [-0.2, 0) is 16.4 Å². The standard InChI is InChI=1S/C24H26F2N8O3S/c1-13-8-19(32-31-13)28-23-20(14-4-5-14)21(15-11-27-34(12-15)6-7-35)29-24(30-23)33(2)22-17(25)9-16(10-18(22)26)38(3,36)37/h8-12,14,35H,4-7H2,1-3H3,(H2,28,29,30,31,32). The topological polar surface area (TPSA) is 142 Å². The zero-order chi connectivity index (χ0) is 27.2. The zero-order valence-electron chi connectivity index (χ0n) is 20.9. The lowest BCUT2D eigenvalue weighted by molar-refractivity contribution is 0.269. The zero-order valence-corrected chi connectivity index (χ0v) is 21.7. The van der Waals surface area contributed by atoms with Gasteiger partial charge in [0.15, 0.2) is 27.3 Å². The summed E-state index contributed by atoms with van der Waals surface area (Å²) in [6.45, 7) is 2.05. The SMILES string of the molecule is Cc1cc(Nc2nc(N(C)c3c(F)cc(S(C)(=O)=O)cc3F)nc(-c3cnn(CCO)c3)c2C2CC2)n[nH]1. The molecule has 0 spiro atoms. The van der Waals surface area contributed by atoms with Crippen molar-refractivity contribution < 1.29 is 22.3 Å². The summed E-state index contributed by atoms with van der Waals surface area (Å²) in [6.07, 6.45) is 6.06. The normalized spacial score (nSPS) is 13.6. The van der Waals surface area contributed by atoms with Gasteiger partial charge in [-0.1, -0.05) is 0 Å². The van der Waals surface area contributed by atoms with E-state index >= 15 is 8.78 Å². The summed E-state index contributed by atoms with van der Waals surface area (Å²) >= 11 is 0. The van der Waals surface area contributed by atoms with Gasteiger partial charge in [-0.3, -0.25) is 9.78 Å². The van der Waals surface area contributed by atoms with Crippen LogP contribution in [0.1, 0.15) is 30.0 Å². The molecule has 1 aliphatic carbocycles. The van der Waals surface area contributed by atoms with Crippen molar-refractivity contribution in [2.24, 2.45) is 0 Å². The number of aryl methyl sites for hydroxylation is 1. The highest BCUT2D eigenvalue weighted by Gasteiger charge is 2.33. The lowest BCUT2D eigenvalue weighted by Gasteiger charge is -2.22. The number of rotatable bonds is 9. The first-order valence-corrected chi connectivity index (χ1v) is 13.7. The molecule has 14 heteroatoms. The summed E-state index contributed by atoms with van der Waals surface area (Å²) < 4.78 is 55.5. The highest BCUT2D eigenvalue weighted by atomic mass is 32.2. The van der Waals surface area contributed by atoms with E-state index in [-0.39, 0.29) is 25.0 Å². The van der Waals surface area contributed by atoms with Crippen molar-refractivity contribution in [1.82, 2.24) is 29.9 Å². The average molecular weight is 545 g/mol. The van der Waals surface area contributed by atoms with Crippen molar-refractivity contribution in [3.63, 3.8) is 0 Å². The second kappa shape index (κ2) is 9.76.